The third kappa shape index (κ3) is 5.89. The number of rotatable bonds is 10. The van der Waals surface area contributed by atoms with Gasteiger partial charge in [-0.1, -0.05) is 90.2 Å². The van der Waals surface area contributed by atoms with E-state index in [9.17, 15) is 4.79 Å². The second-order valence-corrected chi connectivity index (χ2v) is 14.7. The van der Waals surface area contributed by atoms with Crippen molar-refractivity contribution in [1.29, 1.82) is 0 Å². The lowest BCUT2D eigenvalue weighted by molar-refractivity contribution is -0.152. The minimum atomic E-state index is 0.0885. The smallest absolute Gasteiger partial charge is 0.306 e. The van der Waals surface area contributed by atoms with Crippen molar-refractivity contribution >= 4 is 5.97 Å². The van der Waals surface area contributed by atoms with E-state index < -0.39 is 0 Å². The molecule has 0 aromatic heterocycles. The van der Waals surface area contributed by atoms with E-state index in [-0.39, 0.29) is 12.1 Å². The van der Waals surface area contributed by atoms with Crippen LogP contribution < -0.4 is 0 Å². The van der Waals surface area contributed by atoms with Crippen LogP contribution in [-0.4, -0.2) is 12.1 Å². The number of hydrogen-bond donors (Lipinski definition) is 0. The maximum atomic E-state index is 12.7. The fraction of sp³-hybridized carbons (Fsp3) is 0.914. The van der Waals surface area contributed by atoms with Gasteiger partial charge in [-0.15, -0.1) is 0 Å². The van der Waals surface area contributed by atoms with Gasteiger partial charge in [-0.3, -0.25) is 4.79 Å². The van der Waals surface area contributed by atoms with Gasteiger partial charge in [0, 0.05) is 12.8 Å². The summed E-state index contributed by atoms with van der Waals surface area (Å²) in [5.74, 6) is 4.34. The predicted octanol–water partition coefficient (Wildman–Crippen LogP) is 10.2. The maximum Gasteiger partial charge on any atom is 0.306 e. The highest BCUT2D eigenvalue weighted by Gasteiger charge is 2.58. The molecule has 7 atom stereocenters. The summed E-state index contributed by atoms with van der Waals surface area (Å²) in [5, 5.41) is 0. The molecule has 2 heteroatoms. The van der Waals surface area contributed by atoms with E-state index in [2.05, 4.69) is 26.8 Å². The van der Waals surface area contributed by atoms with E-state index in [1.54, 1.807) is 5.57 Å². The van der Waals surface area contributed by atoms with Gasteiger partial charge in [-0.2, -0.15) is 0 Å². The molecule has 2 nitrogen and oxygen atoms in total. The molecule has 0 radical (unpaired) electrons. The molecule has 0 N–H and O–H groups in total. The summed E-state index contributed by atoms with van der Waals surface area (Å²) in [4.78, 5) is 12.7. The molecule has 0 aromatic rings. The van der Waals surface area contributed by atoms with Crippen LogP contribution in [-0.2, 0) is 9.53 Å². The largest absolute Gasteiger partial charge is 0.462 e. The van der Waals surface area contributed by atoms with Gasteiger partial charge in [0.2, 0.25) is 0 Å². The minimum absolute atomic E-state index is 0.0885. The van der Waals surface area contributed by atoms with Crippen LogP contribution in [0.3, 0.4) is 0 Å². The van der Waals surface area contributed by atoms with Crippen molar-refractivity contribution < 1.29 is 9.53 Å². The molecule has 0 amide bonds. The number of allylic oxidation sites excluding steroid dienone is 1. The van der Waals surface area contributed by atoms with Crippen molar-refractivity contribution in [2.75, 3.05) is 0 Å². The first-order valence-electron chi connectivity index (χ1n) is 16.8. The Hall–Kier alpha value is -0.790. The number of hydrogen-bond acceptors (Lipinski definition) is 2. The lowest BCUT2D eigenvalue weighted by atomic mass is 9.47. The molecule has 37 heavy (non-hydrogen) atoms. The second kappa shape index (κ2) is 12.2. The van der Waals surface area contributed by atoms with Crippen molar-refractivity contribution in [1.82, 2.24) is 0 Å². The quantitative estimate of drug-likeness (QED) is 0.166. The molecule has 0 aliphatic heterocycles. The molecule has 0 bridgehead atoms. The fourth-order valence-corrected chi connectivity index (χ4v) is 10.3. The van der Waals surface area contributed by atoms with E-state index in [1.165, 1.54) is 116 Å². The maximum absolute atomic E-state index is 12.7. The Morgan fingerprint density at radius 1 is 0.892 bits per heavy atom. The molecular formula is C35H58O2. The van der Waals surface area contributed by atoms with Crippen molar-refractivity contribution in [2.45, 2.75) is 162 Å². The summed E-state index contributed by atoms with van der Waals surface area (Å²) in [6.45, 7) is 7.62. The van der Waals surface area contributed by atoms with Crippen molar-refractivity contribution in [2.24, 2.45) is 40.4 Å². The van der Waals surface area contributed by atoms with Crippen LogP contribution in [0.1, 0.15) is 156 Å². The van der Waals surface area contributed by atoms with Gasteiger partial charge >= 0.3 is 5.97 Å². The highest BCUT2D eigenvalue weighted by atomic mass is 16.5. The van der Waals surface area contributed by atoms with E-state index in [0.717, 1.165) is 36.5 Å². The molecule has 0 spiro atoms. The van der Waals surface area contributed by atoms with Gasteiger partial charge in [-0.05, 0) is 105 Å². The molecule has 0 heterocycles. The van der Waals surface area contributed by atoms with Crippen LogP contribution in [0.5, 0.6) is 0 Å². The van der Waals surface area contributed by atoms with Gasteiger partial charge in [0.15, 0.2) is 0 Å². The van der Waals surface area contributed by atoms with Crippen LogP contribution in [0.15, 0.2) is 11.6 Å². The van der Waals surface area contributed by atoms with E-state index in [0.29, 0.717) is 23.2 Å². The van der Waals surface area contributed by atoms with Crippen LogP contribution in [0.2, 0.25) is 0 Å². The Morgan fingerprint density at radius 3 is 2.49 bits per heavy atom. The summed E-state index contributed by atoms with van der Waals surface area (Å²) >= 11 is 0. The second-order valence-electron chi connectivity index (χ2n) is 14.7. The molecule has 0 unspecified atom stereocenters. The normalized spacial score (nSPS) is 39.9. The molecule has 4 saturated carbocycles. The van der Waals surface area contributed by atoms with Crippen LogP contribution >= 0.6 is 0 Å². The van der Waals surface area contributed by atoms with Crippen molar-refractivity contribution in [3.05, 3.63) is 11.6 Å². The number of fused-ring (bicyclic) bond motifs is 5. The lowest BCUT2D eigenvalue weighted by Crippen LogP contribution is -2.50. The Morgan fingerprint density at radius 2 is 1.68 bits per heavy atom. The first kappa shape index (κ1) is 27.8. The zero-order valence-corrected chi connectivity index (χ0v) is 24.7. The molecule has 0 saturated heterocycles. The fourth-order valence-electron chi connectivity index (χ4n) is 10.3. The summed E-state index contributed by atoms with van der Waals surface area (Å²) in [7, 11) is 0. The monoisotopic (exact) mass is 510 g/mol. The Balaban J connectivity index is 1.16. The molecule has 5 aliphatic rings. The number of unbranched alkanes of at least 4 members (excludes halogenated alkanes) is 5. The number of esters is 1. The van der Waals surface area contributed by atoms with Crippen LogP contribution in [0.25, 0.3) is 0 Å². The van der Waals surface area contributed by atoms with E-state index >= 15 is 0 Å². The van der Waals surface area contributed by atoms with E-state index in [1.807, 2.05) is 0 Å². The average molecular weight is 511 g/mol. The zero-order chi connectivity index (χ0) is 25.9. The average Bonchev–Trinajstić information content (AvgIpc) is 3.23. The van der Waals surface area contributed by atoms with Crippen molar-refractivity contribution in [3.8, 4) is 0 Å². The van der Waals surface area contributed by atoms with Gasteiger partial charge in [0.05, 0.1) is 0 Å². The summed E-state index contributed by atoms with van der Waals surface area (Å²) in [5.41, 5.74) is 2.60. The zero-order valence-electron chi connectivity index (χ0n) is 24.7. The number of ether oxygens (including phenoxy) is 1. The first-order valence-corrected chi connectivity index (χ1v) is 16.8. The molecule has 4 fully saturated rings. The third-order valence-electron chi connectivity index (χ3n) is 12.6. The van der Waals surface area contributed by atoms with Crippen molar-refractivity contribution in [3.63, 3.8) is 0 Å². The summed E-state index contributed by atoms with van der Waals surface area (Å²) < 4.78 is 6.11. The van der Waals surface area contributed by atoms with Gasteiger partial charge in [0.25, 0.3) is 0 Å². The molecule has 5 aliphatic carbocycles. The summed E-state index contributed by atoms with van der Waals surface area (Å²) in [6, 6.07) is 0. The molecular weight excluding hydrogens is 452 g/mol. The first-order chi connectivity index (χ1) is 17.9. The molecule has 5 rings (SSSR count). The number of carbonyl (C=O) groups excluding carboxylic acids is 1. The SMILES string of the molecule is CCCCCCCC[C@@H]1CC[C@@H]2[C@H]3CC=C4C[C@@H](OC(=O)CC5CCCCC5)CC[C@]4(C)[C@@H]3CC[C@]12C. The third-order valence-corrected chi connectivity index (χ3v) is 12.6. The Kier molecular flexibility index (Phi) is 9.13. The number of carbonyl (C=O) groups is 1. The highest BCUT2D eigenvalue weighted by molar-refractivity contribution is 5.70. The topological polar surface area (TPSA) is 26.3 Å². The Bertz CT molecular complexity index is 793. The standard InChI is InChI=1S/C35H58O2/c1-4-5-6-7-8-12-15-27-17-19-31-30-18-16-28-25-29(37-33(36)24-26-13-10-9-11-14-26)20-22-35(28,3)32(30)21-23-34(27,31)2/h16,26-27,29-32H,4-15,17-25H2,1-3H3/t27-,29+,30-,31-,32-,34-,35+/m1/s1. The molecule has 0 aromatic carbocycles. The predicted molar refractivity (Wildman–Crippen MR) is 154 cm³/mol. The van der Waals surface area contributed by atoms with Gasteiger partial charge in [-0.25, -0.2) is 0 Å². The van der Waals surface area contributed by atoms with Gasteiger partial charge < -0.3 is 4.74 Å². The summed E-state index contributed by atoms with van der Waals surface area (Å²) in [6.07, 6.45) is 30.4. The van der Waals surface area contributed by atoms with Crippen LogP contribution in [0.4, 0.5) is 0 Å². The highest BCUT2D eigenvalue weighted by Crippen LogP contribution is 2.66. The Labute approximate surface area is 229 Å². The lowest BCUT2D eigenvalue weighted by Gasteiger charge is -2.58. The van der Waals surface area contributed by atoms with Gasteiger partial charge in [0.1, 0.15) is 6.10 Å². The van der Waals surface area contributed by atoms with Crippen LogP contribution in [0, 0.1) is 40.4 Å². The minimum Gasteiger partial charge on any atom is -0.462 e. The molecule has 210 valence electrons. The van der Waals surface area contributed by atoms with E-state index in [4.69, 9.17) is 4.74 Å².